The van der Waals surface area contributed by atoms with Gasteiger partial charge in [-0.2, -0.15) is 0 Å². The van der Waals surface area contributed by atoms with Gasteiger partial charge in [0.1, 0.15) is 0 Å². The maximum absolute atomic E-state index is 12.4. The molecule has 1 N–H and O–H groups in total. The summed E-state index contributed by atoms with van der Waals surface area (Å²) in [6.45, 7) is 2.21. The molecule has 0 aromatic heterocycles. The lowest BCUT2D eigenvalue weighted by Crippen LogP contribution is -2.38. The summed E-state index contributed by atoms with van der Waals surface area (Å²) < 4.78 is 5.61. The topological polar surface area (TPSA) is 58.6 Å². The van der Waals surface area contributed by atoms with E-state index in [2.05, 4.69) is 5.32 Å². The fraction of sp³-hybridized carbons (Fsp3) is 0.375. The third-order valence-electron chi connectivity index (χ3n) is 4.57. The number of hydrogen-bond acceptors (Lipinski definition) is 4. The smallest absolute Gasteiger partial charge is 0.237 e. The number of imide groups is 1. The van der Waals surface area contributed by atoms with Gasteiger partial charge in [-0.1, -0.05) is 30.4 Å². The highest BCUT2D eigenvalue weighted by Crippen LogP contribution is 2.44. The van der Waals surface area contributed by atoms with E-state index in [1.807, 2.05) is 43.3 Å². The van der Waals surface area contributed by atoms with Crippen LogP contribution in [0.3, 0.4) is 0 Å². The summed E-state index contributed by atoms with van der Waals surface area (Å²) in [5, 5.41) is 3.18. The van der Waals surface area contributed by atoms with E-state index in [0.717, 1.165) is 11.3 Å². The fourth-order valence-electron chi connectivity index (χ4n) is 3.46. The molecule has 5 heteroatoms. The molecule has 4 atom stereocenters. The number of para-hydroxylation sites is 1. The molecular weight excluding hydrogens is 268 g/mol. The summed E-state index contributed by atoms with van der Waals surface area (Å²) in [5.74, 6) is -0.900. The Morgan fingerprint density at radius 2 is 1.71 bits per heavy atom. The molecule has 4 rings (SSSR count). The minimum absolute atomic E-state index is 0.122. The number of fused-ring (bicyclic) bond motifs is 5. The summed E-state index contributed by atoms with van der Waals surface area (Å²) in [6, 6.07) is 7.81. The van der Waals surface area contributed by atoms with Crippen LogP contribution in [0.5, 0.6) is 0 Å². The predicted molar refractivity (Wildman–Crippen MR) is 76.3 cm³/mol. The third kappa shape index (κ3) is 1.74. The number of carbonyl (C=O) groups excluding carboxylic acids is 2. The maximum atomic E-state index is 12.4. The van der Waals surface area contributed by atoms with E-state index in [0.29, 0.717) is 0 Å². The van der Waals surface area contributed by atoms with Crippen LogP contribution in [0.4, 0.5) is 5.69 Å². The molecule has 2 saturated heterocycles. The lowest BCUT2D eigenvalue weighted by Gasteiger charge is -2.19. The van der Waals surface area contributed by atoms with Gasteiger partial charge in [-0.15, -0.1) is 0 Å². The molecule has 1 aromatic carbocycles. The van der Waals surface area contributed by atoms with Gasteiger partial charge in [0.2, 0.25) is 11.8 Å². The normalized spacial score (nSPS) is 32.9. The number of amides is 2. The van der Waals surface area contributed by atoms with Gasteiger partial charge in [0, 0.05) is 5.69 Å². The number of likely N-dealkylation sites (tertiary alicyclic amines) is 1. The average molecular weight is 284 g/mol. The number of anilines is 1. The maximum Gasteiger partial charge on any atom is 0.237 e. The molecule has 2 fully saturated rings. The Kier molecular flexibility index (Phi) is 2.65. The van der Waals surface area contributed by atoms with Gasteiger partial charge in [0.25, 0.3) is 0 Å². The van der Waals surface area contributed by atoms with Crippen LogP contribution in [0, 0.1) is 18.8 Å². The van der Waals surface area contributed by atoms with Crippen LogP contribution < -0.4 is 5.32 Å². The number of nitrogens with one attached hydrogen (secondary N) is 1. The molecule has 3 heterocycles. The van der Waals surface area contributed by atoms with Gasteiger partial charge in [-0.05, 0) is 18.6 Å². The molecule has 0 unspecified atom stereocenters. The second-order valence-electron chi connectivity index (χ2n) is 5.76. The van der Waals surface area contributed by atoms with Crippen LogP contribution in [-0.4, -0.2) is 35.6 Å². The number of nitrogens with zero attached hydrogens (tertiary/aromatic N) is 1. The number of benzene rings is 1. The molecule has 3 aliphatic heterocycles. The second kappa shape index (κ2) is 4.43. The van der Waals surface area contributed by atoms with Crippen molar-refractivity contribution in [3.8, 4) is 0 Å². The standard InChI is InChI=1S/C16H16N2O3/c1-9-4-2-3-5-10(9)17-8-18-15(19)13-11-6-7-12(21-11)14(13)16(18)20/h2-7,11-14,17H,8H2,1H3/t11-,12-,13-,14-/m1/s1. The van der Waals surface area contributed by atoms with Crippen molar-refractivity contribution in [3.05, 3.63) is 42.0 Å². The number of carbonyl (C=O) groups is 2. The van der Waals surface area contributed by atoms with Gasteiger partial charge in [0.15, 0.2) is 0 Å². The fourth-order valence-corrected chi connectivity index (χ4v) is 3.46. The molecule has 2 amide bonds. The van der Waals surface area contributed by atoms with Gasteiger partial charge in [-0.25, -0.2) is 0 Å². The predicted octanol–water partition coefficient (Wildman–Crippen LogP) is 1.30. The first-order valence-corrected chi connectivity index (χ1v) is 7.15. The quantitative estimate of drug-likeness (QED) is 0.671. The molecule has 1 aromatic rings. The summed E-state index contributed by atoms with van der Waals surface area (Å²) in [5.41, 5.74) is 2.02. The van der Waals surface area contributed by atoms with E-state index < -0.39 is 0 Å². The van der Waals surface area contributed by atoms with Crippen molar-refractivity contribution in [3.63, 3.8) is 0 Å². The van der Waals surface area contributed by atoms with Crippen molar-refractivity contribution >= 4 is 17.5 Å². The Labute approximate surface area is 122 Å². The molecule has 5 nitrogen and oxygen atoms in total. The summed E-state index contributed by atoms with van der Waals surface area (Å²) in [6.07, 6.45) is 3.35. The lowest BCUT2D eigenvalue weighted by atomic mass is 9.85. The van der Waals surface area contributed by atoms with Crippen LogP contribution >= 0.6 is 0 Å². The van der Waals surface area contributed by atoms with Crippen molar-refractivity contribution in [2.24, 2.45) is 11.8 Å². The first-order chi connectivity index (χ1) is 10.2. The van der Waals surface area contributed by atoms with Crippen molar-refractivity contribution in [1.82, 2.24) is 4.90 Å². The largest absolute Gasteiger partial charge is 0.367 e. The molecule has 0 spiro atoms. The van der Waals surface area contributed by atoms with Crippen molar-refractivity contribution in [2.45, 2.75) is 19.1 Å². The summed E-state index contributed by atoms with van der Waals surface area (Å²) in [7, 11) is 0. The average Bonchev–Trinajstić information content (AvgIpc) is 3.14. The Hall–Kier alpha value is -2.14. The van der Waals surface area contributed by atoms with Crippen LogP contribution in [0.25, 0.3) is 0 Å². The van der Waals surface area contributed by atoms with E-state index in [-0.39, 0.29) is 42.5 Å². The van der Waals surface area contributed by atoms with Gasteiger partial charge < -0.3 is 10.1 Å². The number of hydrogen-bond donors (Lipinski definition) is 1. The van der Waals surface area contributed by atoms with E-state index in [9.17, 15) is 9.59 Å². The monoisotopic (exact) mass is 284 g/mol. The SMILES string of the molecule is Cc1ccccc1NCN1C(=O)[C@H]2[C@H](C1=O)[C@H]1C=C[C@H]2O1. The van der Waals surface area contributed by atoms with Gasteiger partial charge >= 0.3 is 0 Å². The van der Waals surface area contributed by atoms with Crippen molar-refractivity contribution in [1.29, 1.82) is 0 Å². The van der Waals surface area contributed by atoms with Crippen LogP contribution in [0.2, 0.25) is 0 Å². The summed E-state index contributed by atoms with van der Waals surface area (Å²) in [4.78, 5) is 26.2. The highest BCUT2D eigenvalue weighted by molar-refractivity contribution is 6.06. The molecule has 108 valence electrons. The Balaban J connectivity index is 1.51. The highest BCUT2D eigenvalue weighted by Gasteiger charge is 2.60. The van der Waals surface area contributed by atoms with Gasteiger partial charge in [0.05, 0.1) is 30.7 Å². The van der Waals surface area contributed by atoms with E-state index >= 15 is 0 Å². The zero-order valence-corrected chi connectivity index (χ0v) is 11.7. The first kappa shape index (κ1) is 12.6. The zero-order chi connectivity index (χ0) is 14.6. The van der Waals surface area contributed by atoms with Crippen molar-refractivity contribution in [2.75, 3.05) is 12.0 Å². The molecule has 21 heavy (non-hydrogen) atoms. The summed E-state index contributed by atoms with van der Waals surface area (Å²) >= 11 is 0. The minimum Gasteiger partial charge on any atom is -0.367 e. The van der Waals surface area contributed by atoms with Crippen LogP contribution in [-0.2, 0) is 14.3 Å². The Morgan fingerprint density at radius 3 is 2.33 bits per heavy atom. The molecule has 0 radical (unpaired) electrons. The first-order valence-electron chi connectivity index (χ1n) is 7.15. The number of aryl methyl sites for hydroxylation is 1. The van der Waals surface area contributed by atoms with E-state index in [1.165, 1.54) is 4.90 Å². The zero-order valence-electron chi connectivity index (χ0n) is 11.7. The minimum atomic E-state index is -0.328. The highest BCUT2D eigenvalue weighted by atomic mass is 16.5. The molecular formula is C16H16N2O3. The van der Waals surface area contributed by atoms with Crippen LogP contribution in [0.1, 0.15) is 5.56 Å². The van der Waals surface area contributed by atoms with Crippen molar-refractivity contribution < 1.29 is 14.3 Å². The Bertz CT molecular complexity index is 625. The lowest BCUT2D eigenvalue weighted by molar-refractivity contribution is -0.141. The molecule has 0 aliphatic carbocycles. The third-order valence-corrected chi connectivity index (χ3v) is 4.57. The van der Waals surface area contributed by atoms with E-state index in [4.69, 9.17) is 4.74 Å². The van der Waals surface area contributed by atoms with Gasteiger partial charge in [-0.3, -0.25) is 14.5 Å². The molecule has 0 saturated carbocycles. The second-order valence-corrected chi connectivity index (χ2v) is 5.76. The number of ether oxygens (including phenoxy) is 1. The number of rotatable bonds is 3. The van der Waals surface area contributed by atoms with E-state index in [1.54, 1.807) is 0 Å². The Morgan fingerprint density at radius 1 is 1.10 bits per heavy atom. The molecule has 2 bridgehead atoms. The van der Waals surface area contributed by atoms with Crippen LogP contribution in [0.15, 0.2) is 36.4 Å². The molecule has 3 aliphatic rings.